The number of nitrogens with one attached hydrogen (secondary N) is 1. The minimum atomic E-state index is -0.611. The number of amides is 3. The van der Waals surface area contributed by atoms with Crippen molar-refractivity contribution in [3.63, 3.8) is 0 Å². The maximum Gasteiger partial charge on any atom is 0.321 e. The lowest BCUT2D eigenvalue weighted by atomic mass is 9.93. The van der Waals surface area contributed by atoms with Gasteiger partial charge in [0.2, 0.25) is 0 Å². The molecule has 0 radical (unpaired) electrons. The highest BCUT2D eigenvalue weighted by Gasteiger charge is 2.31. The Hall–Kier alpha value is -2.31. The van der Waals surface area contributed by atoms with Crippen LogP contribution in [-0.4, -0.2) is 36.5 Å². The second-order valence-corrected chi connectivity index (χ2v) is 7.75. The average molecular weight is 422 g/mol. The van der Waals surface area contributed by atoms with Crippen molar-refractivity contribution in [2.75, 3.05) is 24.5 Å². The maximum atomic E-state index is 14.5. The molecule has 2 aliphatic heterocycles. The number of carbonyl (C=O) groups excluding carboxylic acids is 2. The van der Waals surface area contributed by atoms with Crippen LogP contribution in [0.4, 0.5) is 14.9 Å². The predicted molar refractivity (Wildman–Crippen MR) is 107 cm³/mol. The van der Waals surface area contributed by atoms with Gasteiger partial charge >= 0.3 is 6.03 Å². The van der Waals surface area contributed by atoms with Gasteiger partial charge in [0.25, 0.3) is 5.91 Å². The van der Waals surface area contributed by atoms with Crippen LogP contribution in [0.15, 0.2) is 30.3 Å². The van der Waals surface area contributed by atoms with E-state index in [1.807, 2.05) is 13.0 Å². The zero-order valence-electron chi connectivity index (χ0n) is 15.1. The van der Waals surface area contributed by atoms with Crippen LogP contribution in [0.1, 0.15) is 34.5 Å². The lowest BCUT2D eigenvalue weighted by Gasteiger charge is -2.36. The Labute approximate surface area is 172 Å². The van der Waals surface area contributed by atoms with E-state index < -0.39 is 11.7 Å². The normalized spacial score (nSPS) is 18.9. The van der Waals surface area contributed by atoms with Gasteiger partial charge in [-0.2, -0.15) is 0 Å². The van der Waals surface area contributed by atoms with Crippen molar-refractivity contribution in [2.45, 2.75) is 19.4 Å². The second kappa shape index (κ2) is 7.26. The molecule has 0 saturated carbocycles. The van der Waals surface area contributed by atoms with Crippen molar-refractivity contribution in [3.8, 4) is 0 Å². The topological polar surface area (TPSA) is 52.7 Å². The van der Waals surface area contributed by atoms with E-state index in [9.17, 15) is 14.0 Å². The van der Waals surface area contributed by atoms with Crippen LogP contribution in [0, 0.1) is 5.82 Å². The van der Waals surface area contributed by atoms with Crippen LogP contribution in [0.2, 0.25) is 10.0 Å². The molecular weight excluding hydrogens is 404 g/mol. The van der Waals surface area contributed by atoms with E-state index in [1.165, 1.54) is 23.1 Å². The minimum Gasteiger partial charge on any atom is -0.336 e. The van der Waals surface area contributed by atoms with Gasteiger partial charge in [-0.05, 0) is 54.8 Å². The molecule has 2 aromatic rings. The van der Waals surface area contributed by atoms with Crippen molar-refractivity contribution < 1.29 is 14.0 Å². The Bertz CT molecular complexity index is 982. The van der Waals surface area contributed by atoms with Gasteiger partial charge in [0.1, 0.15) is 5.82 Å². The van der Waals surface area contributed by atoms with Gasteiger partial charge in [-0.15, -0.1) is 0 Å². The number of hydrogen-bond acceptors (Lipinski definition) is 2. The third kappa shape index (κ3) is 3.20. The third-order valence-corrected chi connectivity index (χ3v) is 6.05. The average Bonchev–Trinajstić information content (AvgIpc) is 3.10. The number of anilines is 1. The molecule has 4 rings (SSSR count). The molecule has 2 aromatic carbocycles. The fraction of sp³-hybridized carbons (Fsp3) is 0.300. The highest BCUT2D eigenvalue weighted by Crippen LogP contribution is 2.36. The summed E-state index contributed by atoms with van der Waals surface area (Å²) in [6.45, 7) is 3.32. The van der Waals surface area contributed by atoms with Gasteiger partial charge in [0, 0.05) is 25.3 Å². The fourth-order valence-corrected chi connectivity index (χ4v) is 4.16. The quantitative estimate of drug-likeness (QED) is 0.779. The first-order chi connectivity index (χ1) is 13.4. The van der Waals surface area contributed by atoms with Crippen LogP contribution in [0.5, 0.6) is 0 Å². The lowest BCUT2D eigenvalue weighted by molar-refractivity contribution is 0.0673. The summed E-state index contributed by atoms with van der Waals surface area (Å²) >= 11 is 12.2. The Morgan fingerprint density at radius 2 is 1.93 bits per heavy atom. The highest BCUT2D eigenvalue weighted by atomic mass is 35.5. The molecule has 8 heteroatoms. The molecular formula is C20H18Cl2FN3O2. The van der Waals surface area contributed by atoms with Gasteiger partial charge in [0.05, 0.1) is 21.7 Å². The van der Waals surface area contributed by atoms with Gasteiger partial charge < -0.3 is 10.2 Å². The van der Waals surface area contributed by atoms with Crippen molar-refractivity contribution in [3.05, 3.63) is 62.9 Å². The Morgan fingerprint density at radius 3 is 2.64 bits per heavy atom. The van der Waals surface area contributed by atoms with Gasteiger partial charge in [0.15, 0.2) is 0 Å². The molecule has 0 spiro atoms. The smallest absolute Gasteiger partial charge is 0.321 e. The molecule has 5 nitrogen and oxygen atoms in total. The number of nitrogens with zero attached hydrogens (tertiary/aromatic N) is 2. The van der Waals surface area contributed by atoms with E-state index in [-0.39, 0.29) is 17.6 Å². The summed E-state index contributed by atoms with van der Waals surface area (Å²) in [6.07, 6.45) is 0.609. The van der Waals surface area contributed by atoms with Crippen LogP contribution in [0.25, 0.3) is 0 Å². The van der Waals surface area contributed by atoms with E-state index >= 15 is 0 Å². The molecule has 1 unspecified atom stereocenters. The van der Waals surface area contributed by atoms with Crippen molar-refractivity contribution >= 4 is 40.8 Å². The van der Waals surface area contributed by atoms with Crippen LogP contribution < -0.4 is 10.2 Å². The van der Waals surface area contributed by atoms with E-state index in [0.29, 0.717) is 41.8 Å². The largest absolute Gasteiger partial charge is 0.336 e. The fourth-order valence-electron chi connectivity index (χ4n) is 3.81. The Balaban J connectivity index is 1.66. The molecule has 0 bridgehead atoms. The molecule has 1 fully saturated rings. The van der Waals surface area contributed by atoms with Crippen molar-refractivity contribution in [1.29, 1.82) is 0 Å². The zero-order chi connectivity index (χ0) is 20.0. The third-order valence-electron chi connectivity index (χ3n) is 5.33. The van der Waals surface area contributed by atoms with Crippen molar-refractivity contribution in [1.82, 2.24) is 10.2 Å². The first-order valence-electron chi connectivity index (χ1n) is 9.00. The van der Waals surface area contributed by atoms with Crippen molar-refractivity contribution in [2.24, 2.45) is 0 Å². The molecule has 0 aromatic heterocycles. The summed E-state index contributed by atoms with van der Waals surface area (Å²) in [4.78, 5) is 28.2. The number of rotatable bonds is 2. The number of hydrogen-bond donors (Lipinski definition) is 1. The Kier molecular flexibility index (Phi) is 4.93. The number of urea groups is 1. The first kappa shape index (κ1) is 19.0. The summed E-state index contributed by atoms with van der Waals surface area (Å²) in [5.74, 6) is -1.02. The molecule has 1 atom stereocenters. The molecule has 0 aliphatic carbocycles. The molecule has 146 valence electrons. The minimum absolute atomic E-state index is 0.0486. The standard InChI is InChI=1S/C20H18Cl2FN3O2/c1-11-14-10-17(22)16(21)8-12(14)4-6-25(11)19(27)15-9-13(2-3-18(15)23)26-7-5-24-20(26)28/h2-3,8-11H,4-7H2,1H3,(H,24,28). The van der Waals surface area contributed by atoms with Crippen LogP contribution in [-0.2, 0) is 6.42 Å². The van der Waals surface area contributed by atoms with E-state index in [4.69, 9.17) is 23.2 Å². The zero-order valence-corrected chi connectivity index (χ0v) is 16.6. The number of halogens is 3. The predicted octanol–water partition coefficient (Wildman–Crippen LogP) is 4.42. The molecule has 28 heavy (non-hydrogen) atoms. The van der Waals surface area contributed by atoms with Gasteiger partial charge in [-0.1, -0.05) is 23.2 Å². The van der Waals surface area contributed by atoms with Crippen LogP contribution in [0.3, 0.4) is 0 Å². The number of carbonyl (C=O) groups is 2. The molecule has 3 amide bonds. The number of fused-ring (bicyclic) bond motifs is 1. The van der Waals surface area contributed by atoms with Gasteiger partial charge in [-0.25, -0.2) is 9.18 Å². The molecule has 1 N–H and O–H groups in total. The monoisotopic (exact) mass is 421 g/mol. The van der Waals surface area contributed by atoms with Crippen LogP contribution >= 0.6 is 23.2 Å². The van der Waals surface area contributed by atoms with E-state index in [1.54, 1.807) is 11.0 Å². The Morgan fingerprint density at radius 1 is 1.18 bits per heavy atom. The lowest BCUT2D eigenvalue weighted by Crippen LogP contribution is -2.39. The molecule has 2 heterocycles. The SMILES string of the molecule is CC1c2cc(Cl)c(Cl)cc2CCN1C(=O)c1cc(N2CCNC2=O)ccc1F. The molecule has 1 saturated heterocycles. The summed E-state index contributed by atoms with van der Waals surface area (Å²) < 4.78 is 14.5. The second-order valence-electron chi connectivity index (χ2n) is 6.94. The van der Waals surface area contributed by atoms with E-state index in [0.717, 1.165) is 11.1 Å². The van der Waals surface area contributed by atoms with E-state index in [2.05, 4.69) is 5.32 Å². The molecule has 2 aliphatic rings. The summed E-state index contributed by atoms with van der Waals surface area (Å²) in [6, 6.07) is 7.25. The summed E-state index contributed by atoms with van der Waals surface area (Å²) in [5.41, 5.74) is 2.39. The summed E-state index contributed by atoms with van der Waals surface area (Å²) in [7, 11) is 0. The maximum absolute atomic E-state index is 14.5. The first-order valence-corrected chi connectivity index (χ1v) is 9.76. The highest BCUT2D eigenvalue weighted by molar-refractivity contribution is 6.42. The van der Waals surface area contributed by atoms with Gasteiger partial charge in [-0.3, -0.25) is 9.69 Å². The summed E-state index contributed by atoms with van der Waals surface area (Å²) in [5, 5.41) is 3.60. The number of benzene rings is 2.